The molecule has 5 heteroatoms. The number of nitrogens with zero attached hydrogens (tertiary/aromatic N) is 3. The first-order valence-corrected chi connectivity index (χ1v) is 7.97. The maximum atomic E-state index is 12.6. The molecular weight excluding hydrogens is 300 g/mol. The first kappa shape index (κ1) is 15.9. The third-order valence-corrected chi connectivity index (χ3v) is 3.86. The zero-order valence-corrected chi connectivity index (χ0v) is 14.1. The van der Waals surface area contributed by atoms with Crippen LogP contribution in [0.4, 0.5) is 5.82 Å². The van der Waals surface area contributed by atoms with E-state index in [1.54, 1.807) is 12.3 Å². The highest BCUT2D eigenvalue weighted by atomic mass is 16.1. The van der Waals surface area contributed by atoms with Gasteiger partial charge >= 0.3 is 0 Å². The molecule has 1 amide bonds. The van der Waals surface area contributed by atoms with Crippen LogP contribution in [0.1, 0.15) is 34.2 Å². The van der Waals surface area contributed by atoms with E-state index in [2.05, 4.69) is 15.4 Å². The Balaban J connectivity index is 1.91. The van der Waals surface area contributed by atoms with E-state index in [-0.39, 0.29) is 5.91 Å². The van der Waals surface area contributed by atoms with Crippen LogP contribution < -0.4 is 5.32 Å². The van der Waals surface area contributed by atoms with E-state index in [1.165, 1.54) is 5.56 Å². The summed E-state index contributed by atoms with van der Waals surface area (Å²) < 4.78 is 1.82. The lowest BCUT2D eigenvalue weighted by Gasteiger charge is -2.09. The van der Waals surface area contributed by atoms with Gasteiger partial charge in [0.2, 0.25) is 0 Å². The number of hydrogen-bond donors (Lipinski definition) is 1. The van der Waals surface area contributed by atoms with E-state index in [1.807, 2.05) is 61.9 Å². The molecule has 2 heterocycles. The molecule has 0 atom stereocenters. The van der Waals surface area contributed by atoms with Gasteiger partial charge in [0.15, 0.2) is 0 Å². The average molecular weight is 320 g/mol. The molecule has 122 valence electrons. The Morgan fingerprint density at radius 2 is 1.88 bits per heavy atom. The number of nitrogens with one attached hydrogen (secondary N) is 1. The summed E-state index contributed by atoms with van der Waals surface area (Å²) in [5, 5.41) is 7.25. The van der Waals surface area contributed by atoms with Crippen molar-refractivity contribution in [3.8, 4) is 5.69 Å². The van der Waals surface area contributed by atoms with E-state index in [4.69, 9.17) is 0 Å². The molecule has 1 N–H and O–H groups in total. The van der Waals surface area contributed by atoms with Crippen molar-refractivity contribution in [2.75, 3.05) is 5.32 Å². The Labute approximate surface area is 141 Å². The van der Waals surface area contributed by atoms with E-state index < -0.39 is 0 Å². The van der Waals surface area contributed by atoms with Gasteiger partial charge in [0.1, 0.15) is 5.82 Å². The minimum Gasteiger partial charge on any atom is -0.306 e. The predicted octanol–water partition coefficient (Wildman–Crippen LogP) is 3.70. The number of carbonyl (C=O) groups excluding carboxylic acids is 1. The number of pyridine rings is 1. The Kier molecular flexibility index (Phi) is 4.42. The minimum atomic E-state index is -0.191. The molecular formula is C19H20N4O. The molecule has 3 aromatic rings. The van der Waals surface area contributed by atoms with E-state index in [0.29, 0.717) is 17.8 Å². The zero-order chi connectivity index (χ0) is 17.1. The lowest BCUT2D eigenvalue weighted by molar-refractivity contribution is 0.102. The number of aryl methyl sites for hydroxylation is 2. The van der Waals surface area contributed by atoms with Gasteiger partial charge in [-0.2, -0.15) is 5.10 Å². The molecule has 0 aliphatic carbocycles. The van der Waals surface area contributed by atoms with Crippen molar-refractivity contribution in [3.05, 3.63) is 71.2 Å². The number of amides is 1. The van der Waals surface area contributed by atoms with Crippen molar-refractivity contribution in [2.45, 2.75) is 27.2 Å². The largest absolute Gasteiger partial charge is 0.306 e. The molecule has 0 spiro atoms. The summed E-state index contributed by atoms with van der Waals surface area (Å²) in [4.78, 5) is 16.9. The molecule has 0 aliphatic rings. The normalized spacial score (nSPS) is 10.6. The first-order valence-electron chi connectivity index (χ1n) is 7.97. The molecule has 0 saturated carbocycles. The van der Waals surface area contributed by atoms with Gasteiger partial charge in [-0.15, -0.1) is 0 Å². The van der Waals surface area contributed by atoms with Crippen LogP contribution in [0.3, 0.4) is 0 Å². The van der Waals surface area contributed by atoms with Gasteiger partial charge in [0.25, 0.3) is 5.91 Å². The van der Waals surface area contributed by atoms with Crippen LogP contribution in [0.5, 0.6) is 0 Å². The van der Waals surface area contributed by atoms with E-state index in [0.717, 1.165) is 17.1 Å². The second-order valence-electron chi connectivity index (χ2n) is 5.72. The summed E-state index contributed by atoms with van der Waals surface area (Å²) >= 11 is 0. The van der Waals surface area contributed by atoms with Crippen LogP contribution in [-0.4, -0.2) is 20.7 Å². The first-order chi connectivity index (χ1) is 11.6. The highest BCUT2D eigenvalue weighted by Gasteiger charge is 2.17. The van der Waals surface area contributed by atoms with Crippen molar-refractivity contribution in [1.82, 2.24) is 14.8 Å². The topological polar surface area (TPSA) is 59.8 Å². The summed E-state index contributed by atoms with van der Waals surface area (Å²) in [6.45, 7) is 5.95. The fraction of sp³-hybridized carbons (Fsp3) is 0.211. The van der Waals surface area contributed by atoms with Crippen LogP contribution in [-0.2, 0) is 6.42 Å². The summed E-state index contributed by atoms with van der Waals surface area (Å²) in [5.74, 6) is 0.355. The summed E-state index contributed by atoms with van der Waals surface area (Å²) in [6.07, 6.45) is 2.32. The highest BCUT2D eigenvalue weighted by molar-refractivity contribution is 6.04. The highest BCUT2D eigenvalue weighted by Crippen LogP contribution is 2.18. The fourth-order valence-electron chi connectivity index (χ4n) is 2.61. The summed E-state index contributed by atoms with van der Waals surface area (Å²) in [6, 6.07) is 13.6. The van der Waals surface area contributed by atoms with Crippen LogP contribution in [0, 0.1) is 13.8 Å². The Hall–Kier alpha value is -2.95. The standard InChI is InChI=1S/C19H20N4O/c1-4-17-16(19(24)22-18-7-5-6-14(3)21-18)12-20-23(17)15-10-8-13(2)9-11-15/h5-12H,4H2,1-3H3,(H,21,22,24). The number of carbonyl (C=O) groups is 1. The smallest absolute Gasteiger partial charge is 0.260 e. The van der Waals surface area contributed by atoms with Gasteiger partial charge in [0, 0.05) is 5.69 Å². The molecule has 0 radical (unpaired) electrons. The van der Waals surface area contributed by atoms with Crippen LogP contribution in [0.25, 0.3) is 5.69 Å². The third kappa shape index (κ3) is 3.20. The molecule has 1 aromatic carbocycles. The minimum absolute atomic E-state index is 0.191. The number of rotatable bonds is 4. The lowest BCUT2D eigenvalue weighted by Crippen LogP contribution is -2.15. The van der Waals surface area contributed by atoms with Crippen LogP contribution >= 0.6 is 0 Å². The molecule has 24 heavy (non-hydrogen) atoms. The quantitative estimate of drug-likeness (QED) is 0.797. The predicted molar refractivity (Wildman–Crippen MR) is 94.6 cm³/mol. The second kappa shape index (κ2) is 6.66. The van der Waals surface area contributed by atoms with Crippen molar-refractivity contribution in [2.24, 2.45) is 0 Å². The number of benzene rings is 1. The molecule has 5 nitrogen and oxygen atoms in total. The van der Waals surface area contributed by atoms with Gasteiger partial charge < -0.3 is 5.32 Å². The van der Waals surface area contributed by atoms with Gasteiger partial charge in [-0.1, -0.05) is 30.7 Å². The SMILES string of the molecule is CCc1c(C(=O)Nc2cccc(C)n2)cnn1-c1ccc(C)cc1. The average Bonchev–Trinajstić information content (AvgIpc) is 2.99. The summed E-state index contributed by atoms with van der Waals surface area (Å²) in [7, 11) is 0. The zero-order valence-electron chi connectivity index (χ0n) is 14.1. The Morgan fingerprint density at radius 3 is 2.54 bits per heavy atom. The van der Waals surface area contributed by atoms with Crippen molar-refractivity contribution < 1.29 is 4.79 Å². The van der Waals surface area contributed by atoms with Crippen LogP contribution in [0.15, 0.2) is 48.7 Å². The van der Waals surface area contributed by atoms with Gasteiger partial charge in [-0.3, -0.25) is 4.79 Å². The van der Waals surface area contributed by atoms with Gasteiger partial charge in [-0.25, -0.2) is 9.67 Å². The fourth-order valence-corrected chi connectivity index (χ4v) is 2.61. The number of hydrogen-bond acceptors (Lipinski definition) is 3. The Bertz CT molecular complexity index is 865. The maximum absolute atomic E-state index is 12.6. The second-order valence-corrected chi connectivity index (χ2v) is 5.72. The molecule has 3 rings (SSSR count). The molecule has 0 unspecified atom stereocenters. The maximum Gasteiger partial charge on any atom is 0.260 e. The Morgan fingerprint density at radius 1 is 1.12 bits per heavy atom. The molecule has 0 bridgehead atoms. The molecule has 2 aromatic heterocycles. The summed E-state index contributed by atoms with van der Waals surface area (Å²) in [5.41, 5.74) is 4.45. The number of aromatic nitrogens is 3. The van der Waals surface area contributed by atoms with Crippen molar-refractivity contribution >= 4 is 11.7 Å². The molecule has 0 fully saturated rings. The third-order valence-electron chi connectivity index (χ3n) is 3.86. The number of anilines is 1. The van der Waals surface area contributed by atoms with Crippen molar-refractivity contribution in [3.63, 3.8) is 0 Å². The van der Waals surface area contributed by atoms with E-state index in [9.17, 15) is 4.79 Å². The van der Waals surface area contributed by atoms with Gasteiger partial charge in [0.05, 0.1) is 23.1 Å². The molecule has 0 aliphatic heterocycles. The van der Waals surface area contributed by atoms with Crippen molar-refractivity contribution in [1.29, 1.82) is 0 Å². The van der Waals surface area contributed by atoms with E-state index >= 15 is 0 Å². The lowest BCUT2D eigenvalue weighted by atomic mass is 10.1. The monoisotopic (exact) mass is 320 g/mol. The molecule has 0 saturated heterocycles. The van der Waals surface area contributed by atoms with Crippen LogP contribution in [0.2, 0.25) is 0 Å². The van der Waals surface area contributed by atoms with Gasteiger partial charge in [-0.05, 0) is 44.5 Å².